The van der Waals surface area contributed by atoms with Gasteiger partial charge in [-0.1, -0.05) is 60.1 Å². The van der Waals surface area contributed by atoms with Gasteiger partial charge in [0.05, 0.1) is 16.8 Å². The molecular weight excluding hydrogens is 312 g/mol. The summed E-state index contributed by atoms with van der Waals surface area (Å²) in [7, 11) is 0. The summed E-state index contributed by atoms with van der Waals surface area (Å²) in [5.74, 6) is -2.71. The minimum atomic E-state index is -1.42. The first-order chi connectivity index (χ1) is 11.1. The number of carbonyl (C=O) groups is 2. The Kier molecular flexibility index (Phi) is 5.67. The minimum absolute atomic E-state index is 0.338. The van der Waals surface area contributed by atoms with Crippen molar-refractivity contribution in [2.75, 3.05) is 5.32 Å². The summed E-state index contributed by atoms with van der Waals surface area (Å²) in [4.78, 5) is 24.2. The van der Waals surface area contributed by atoms with Crippen molar-refractivity contribution in [3.8, 4) is 6.07 Å². The number of halogens is 1. The van der Waals surface area contributed by atoms with Crippen molar-refractivity contribution in [3.63, 3.8) is 0 Å². The zero-order chi connectivity index (χ0) is 16.7. The highest BCUT2D eigenvalue weighted by Crippen LogP contribution is 2.21. The molecule has 5 heteroatoms. The smallest absolute Gasteiger partial charge is 0.249 e. The van der Waals surface area contributed by atoms with Gasteiger partial charge in [0.15, 0.2) is 11.7 Å². The van der Waals surface area contributed by atoms with Gasteiger partial charge < -0.3 is 5.32 Å². The number of amides is 1. The van der Waals surface area contributed by atoms with Crippen LogP contribution < -0.4 is 5.32 Å². The van der Waals surface area contributed by atoms with Crippen LogP contribution >= 0.6 is 11.6 Å². The third kappa shape index (κ3) is 4.53. The molecule has 0 spiro atoms. The van der Waals surface area contributed by atoms with E-state index in [1.165, 1.54) is 6.08 Å². The van der Waals surface area contributed by atoms with Crippen molar-refractivity contribution >= 4 is 35.1 Å². The van der Waals surface area contributed by atoms with Gasteiger partial charge in [0.25, 0.3) is 0 Å². The van der Waals surface area contributed by atoms with Crippen LogP contribution in [0.5, 0.6) is 0 Å². The molecule has 23 heavy (non-hydrogen) atoms. The molecule has 2 rings (SSSR count). The van der Waals surface area contributed by atoms with Crippen molar-refractivity contribution in [2.45, 2.75) is 0 Å². The first-order valence-electron chi connectivity index (χ1n) is 6.84. The maximum absolute atomic E-state index is 12.1. The summed E-state index contributed by atoms with van der Waals surface area (Å²) >= 11 is 5.94. The summed E-state index contributed by atoms with van der Waals surface area (Å²) in [5.41, 5.74) is 1.17. The fourth-order valence-electron chi connectivity index (χ4n) is 1.86. The van der Waals surface area contributed by atoms with Gasteiger partial charge in [-0.2, -0.15) is 5.26 Å². The number of para-hydroxylation sites is 1. The lowest BCUT2D eigenvalue weighted by atomic mass is 10.0. The van der Waals surface area contributed by atoms with Gasteiger partial charge in [0.2, 0.25) is 5.91 Å². The molecule has 0 aromatic heterocycles. The molecule has 0 bridgehead atoms. The average molecular weight is 325 g/mol. The molecule has 1 amide bonds. The van der Waals surface area contributed by atoms with Crippen LogP contribution in [0, 0.1) is 17.2 Å². The van der Waals surface area contributed by atoms with Crippen molar-refractivity contribution in [2.24, 2.45) is 5.92 Å². The topological polar surface area (TPSA) is 70.0 Å². The van der Waals surface area contributed by atoms with E-state index < -0.39 is 17.6 Å². The molecule has 0 aliphatic rings. The first kappa shape index (κ1) is 16.5. The Morgan fingerprint density at radius 1 is 1.09 bits per heavy atom. The van der Waals surface area contributed by atoms with Crippen LogP contribution in [-0.2, 0) is 9.59 Å². The van der Waals surface area contributed by atoms with E-state index in [1.807, 2.05) is 30.3 Å². The first-order valence-corrected chi connectivity index (χ1v) is 7.21. The van der Waals surface area contributed by atoms with E-state index >= 15 is 0 Å². The van der Waals surface area contributed by atoms with E-state index in [0.29, 0.717) is 10.7 Å². The number of nitriles is 1. The SMILES string of the molecule is N#CC(C(=O)/C=C/c1ccccc1)C(=O)Nc1ccccc1Cl. The lowest BCUT2D eigenvalue weighted by Crippen LogP contribution is -2.27. The summed E-state index contributed by atoms with van der Waals surface area (Å²) in [6.07, 6.45) is 2.80. The summed E-state index contributed by atoms with van der Waals surface area (Å²) in [5, 5.41) is 11.9. The number of benzene rings is 2. The Bertz CT molecular complexity index is 779. The molecule has 1 atom stereocenters. The van der Waals surface area contributed by atoms with E-state index in [2.05, 4.69) is 5.32 Å². The van der Waals surface area contributed by atoms with Gasteiger partial charge in [-0.3, -0.25) is 9.59 Å². The van der Waals surface area contributed by atoms with Crippen LogP contribution in [0.3, 0.4) is 0 Å². The van der Waals surface area contributed by atoms with Crippen LogP contribution in [-0.4, -0.2) is 11.7 Å². The van der Waals surface area contributed by atoms with E-state index in [4.69, 9.17) is 16.9 Å². The number of allylic oxidation sites excluding steroid dienone is 1. The van der Waals surface area contributed by atoms with Crippen LogP contribution in [0.1, 0.15) is 5.56 Å². The fraction of sp³-hybridized carbons (Fsp3) is 0.0556. The zero-order valence-electron chi connectivity index (χ0n) is 12.1. The molecule has 0 radical (unpaired) electrons. The normalized spacial score (nSPS) is 11.7. The van der Waals surface area contributed by atoms with Crippen LogP contribution in [0.25, 0.3) is 6.08 Å². The number of nitrogens with zero attached hydrogens (tertiary/aromatic N) is 1. The quantitative estimate of drug-likeness (QED) is 0.673. The van der Waals surface area contributed by atoms with Gasteiger partial charge >= 0.3 is 0 Å². The Labute approximate surface area is 139 Å². The number of rotatable bonds is 5. The fourth-order valence-corrected chi connectivity index (χ4v) is 2.04. The summed E-state index contributed by atoms with van der Waals surface area (Å²) < 4.78 is 0. The minimum Gasteiger partial charge on any atom is -0.323 e. The van der Waals surface area contributed by atoms with Gasteiger partial charge in [0, 0.05) is 0 Å². The molecule has 0 fully saturated rings. The van der Waals surface area contributed by atoms with Crippen LogP contribution in [0.4, 0.5) is 5.69 Å². The average Bonchev–Trinajstić information content (AvgIpc) is 2.57. The third-order valence-corrected chi connectivity index (χ3v) is 3.38. The number of carbonyl (C=O) groups excluding carboxylic acids is 2. The number of anilines is 1. The molecule has 1 unspecified atom stereocenters. The highest BCUT2D eigenvalue weighted by Gasteiger charge is 2.24. The summed E-state index contributed by atoms with van der Waals surface area (Å²) in [6.45, 7) is 0. The molecular formula is C18H13ClN2O2. The zero-order valence-corrected chi connectivity index (χ0v) is 12.8. The van der Waals surface area contributed by atoms with E-state index in [1.54, 1.807) is 36.4 Å². The highest BCUT2D eigenvalue weighted by atomic mass is 35.5. The standard InChI is InChI=1S/C18H13ClN2O2/c19-15-8-4-5-9-16(15)21-18(23)14(12-20)17(22)11-10-13-6-2-1-3-7-13/h1-11,14H,(H,21,23)/b11-10+. The van der Waals surface area contributed by atoms with Gasteiger partial charge in [0.1, 0.15) is 0 Å². The molecule has 2 aromatic carbocycles. The number of ketones is 1. The largest absolute Gasteiger partial charge is 0.323 e. The molecule has 0 saturated heterocycles. The molecule has 0 saturated carbocycles. The van der Waals surface area contributed by atoms with Crippen molar-refractivity contribution in [1.29, 1.82) is 5.26 Å². The highest BCUT2D eigenvalue weighted by molar-refractivity contribution is 6.33. The molecule has 4 nitrogen and oxygen atoms in total. The van der Waals surface area contributed by atoms with E-state index in [9.17, 15) is 9.59 Å². The second-order valence-corrected chi connectivity index (χ2v) is 5.08. The maximum atomic E-state index is 12.1. The van der Waals surface area contributed by atoms with Gasteiger partial charge in [-0.25, -0.2) is 0 Å². The van der Waals surface area contributed by atoms with Crippen molar-refractivity contribution < 1.29 is 9.59 Å². The van der Waals surface area contributed by atoms with E-state index in [0.717, 1.165) is 5.56 Å². The van der Waals surface area contributed by atoms with E-state index in [-0.39, 0.29) is 0 Å². The maximum Gasteiger partial charge on any atom is 0.249 e. The third-order valence-electron chi connectivity index (χ3n) is 3.05. The second kappa shape index (κ2) is 7.92. The van der Waals surface area contributed by atoms with Gasteiger partial charge in [-0.15, -0.1) is 0 Å². The molecule has 0 aliphatic carbocycles. The Morgan fingerprint density at radius 3 is 2.39 bits per heavy atom. The molecule has 2 aromatic rings. The Morgan fingerprint density at radius 2 is 1.74 bits per heavy atom. The lowest BCUT2D eigenvalue weighted by Gasteiger charge is -2.09. The molecule has 0 heterocycles. The second-order valence-electron chi connectivity index (χ2n) is 4.68. The lowest BCUT2D eigenvalue weighted by molar-refractivity contribution is -0.126. The number of hydrogen-bond acceptors (Lipinski definition) is 3. The predicted octanol–water partition coefficient (Wildman–Crippen LogP) is 3.70. The predicted molar refractivity (Wildman–Crippen MR) is 89.7 cm³/mol. The molecule has 114 valence electrons. The number of hydrogen-bond donors (Lipinski definition) is 1. The van der Waals surface area contributed by atoms with Gasteiger partial charge in [-0.05, 0) is 23.8 Å². The summed E-state index contributed by atoms with van der Waals surface area (Å²) in [6, 6.07) is 17.5. The van der Waals surface area contributed by atoms with Crippen LogP contribution in [0.2, 0.25) is 5.02 Å². The Hall–Kier alpha value is -2.90. The molecule has 1 N–H and O–H groups in total. The van der Waals surface area contributed by atoms with Crippen LogP contribution in [0.15, 0.2) is 60.7 Å². The monoisotopic (exact) mass is 324 g/mol. The molecule has 0 aliphatic heterocycles. The van der Waals surface area contributed by atoms with Crippen molar-refractivity contribution in [1.82, 2.24) is 0 Å². The van der Waals surface area contributed by atoms with Crippen molar-refractivity contribution in [3.05, 3.63) is 71.3 Å². The number of nitrogens with one attached hydrogen (secondary N) is 1. The Balaban J connectivity index is 2.08.